The lowest BCUT2D eigenvalue weighted by Crippen LogP contribution is -2.05. The molecule has 0 amide bonds. The molecule has 0 radical (unpaired) electrons. The molecule has 0 aliphatic heterocycles. The summed E-state index contributed by atoms with van der Waals surface area (Å²) in [6.07, 6.45) is 3.46. The number of ether oxygens (including phenoxy) is 1. The number of hydrogen-bond donors (Lipinski definition) is 1. The largest absolute Gasteiger partial charge is 0.437 e. The predicted octanol–water partition coefficient (Wildman–Crippen LogP) is 2.60. The van der Waals surface area contributed by atoms with E-state index >= 15 is 0 Å². The van der Waals surface area contributed by atoms with Crippen LogP contribution < -0.4 is 10.5 Å². The van der Waals surface area contributed by atoms with Gasteiger partial charge >= 0.3 is 0 Å². The fraction of sp³-hybridized carbons (Fsp3) is 0.231. The van der Waals surface area contributed by atoms with E-state index in [4.69, 9.17) is 10.5 Å². The second-order valence-electron chi connectivity index (χ2n) is 3.91. The summed E-state index contributed by atoms with van der Waals surface area (Å²) in [5.41, 5.74) is 7.57. The minimum atomic E-state index is -0.0170. The quantitative estimate of drug-likeness (QED) is 0.878. The molecule has 0 aromatic carbocycles. The van der Waals surface area contributed by atoms with Gasteiger partial charge in [0.25, 0.3) is 0 Å². The molecule has 2 aromatic heterocycles. The molecule has 0 unspecified atom stereocenters. The highest BCUT2D eigenvalue weighted by atomic mass is 16.5. The van der Waals surface area contributed by atoms with Crippen LogP contribution in [0, 0.1) is 6.92 Å². The molecule has 2 N–H and O–H groups in total. The predicted molar refractivity (Wildman–Crippen MR) is 65.9 cm³/mol. The lowest BCUT2D eigenvalue weighted by Gasteiger charge is -2.08. The van der Waals surface area contributed by atoms with Crippen LogP contribution in [0.25, 0.3) is 0 Å². The van der Waals surface area contributed by atoms with Gasteiger partial charge in [-0.05, 0) is 31.5 Å². The molecule has 2 aromatic rings. The lowest BCUT2D eigenvalue weighted by molar-refractivity contribution is 0.456. The molecule has 2 rings (SSSR count). The van der Waals surface area contributed by atoms with Gasteiger partial charge < -0.3 is 10.5 Å². The van der Waals surface area contributed by atoms with E-state index in [2.05, 4.69) is 9.97 Å². The Morgan fingerprint density at radius 3 is 2.65 bits per heavy atom. The zero-order valence-corrected chi connectivity index (χ0v) is 9.92. The van der Waals surface area contributed by atoms with Gasteiger partial charge in [-0.15, -0.1) is 0 Å². The number of aryl methyl sites for hydroxylation is 1. The van der Waals surface area contributed by atoms with E-state index in [1.807, 2.05) is 38.1 Å². The molecule has 0 spiro atoms. The van der Waals surface area contributed by atoms with Crippen LogP contribution in [0.5, 0.6) is 11.6 Å². The van der Waals surface area contributed by atoms with Gasteiger partial charge in [-0.25, -0.2) is 4.98 Å². The first kappa shape index (κ1) is 11.5. The molecule has 4 nitrogen and oxygen atoms in total. The van der Waals surface area contributed by atoms with E-state index in [-0.39, 0.29) is 6.04 Å². The minimum absolute atomic E-state index is 0.0170. The van der Waals surface area contributed by atoms with Crippen molar-refractivity contribution < 1.29 is 4.74 Å². The Bertz CT molecular complexity index is 494. The molecular weight excluding hydrogens is 214 g/mol. The monoisotopic (exact) mass is 229 g/mol. The van der Waals surface area contributed by atoms with Crippen molar-refractivity contribution in [3.8, 4) is 11.6 Å². The maximum absolute atomic E-state index is 5.75. The maximum atomic E-state index is 5.75. The van der Waals surface area contributed by atoms with Crippen molar-refractivity contribution in [1.29, 1.82) is 0 Å². The van der Waals surface area contributed by atoms with Crippen molar-refractivity contribution in [1.82, 2.24) is 9.97 Å². The second-order valence-corrected chi connectivity index (χ2v) is 3.91. The first-order valence-electron chi connectivity index (χ1n) is 5.48. The zero-order valence-electron chi connectivity index (χ0n) is 9.92. The number of rotatable bonds is 3. The molecule has 2 heterocycles. The minimum Gasteiger partial charge on any atom is -0.437 e. The third kappa shape index (κ3) is 2.79. The topological polar surface area (TPSA) is 61.0 Å². The molecule has 0 fully saturated rings. The van der Waals surface area contributed by atoms with Crippen LogP contribution in [0.4, 0.5) is 0 Å². The fourth-order valence-corrected chi connectivity index (χ4v) is 1.41. The van der Waals surface area contributed by atoms with Crippen molar-refractivity contribution in [2.75, 3.05) is 0 Å². The number of nitrogens with two attached hydrogens (primary N) is 1. The van der Waals surface area contributed by atoms with Crippen molar-refractivity contribution in [3.05, 3.63) is 47.9 Å². The molecule has 88 valence electrons. The molecule has 0 bridgehead atoms. The summed E-state index contributed by atoms with van der Waals surface area (Å²) in [4.78, 5) is 8.35. The second kappa shape index (κ2) is 4.93. The normalized spacial score (nSPS) is 12.2. The van der Waals surface area contributed by atoms with Gasteiger partial charge in [-0.1, -0.05) is 6.07 Å². The third-order valence-electron chi connectivity index (χ3n) is 2.46. The van der Waals surface area contributed by atoms with Gasteiger partial charge in [-0.3, -0.25) is 4.98 Å². The molecule has 0 aliphatic rings. The fourth-order valence-electron chi connectivity index (χ4n) is 1.41. The SMILES string of the molecule is Cc1ncccc1Oc1ccc([C@H](C)N)cn1. The zero-order chi connectivity index (χ0) is 12.3. The summed E-state index contributed by atoms with van der Waals surface area (Å²) in [5.74, 6) is 1.26. The maximum Gasteiger partial charge on any atom is 0.219 e. The highest BCUT2D eigenvalue weighted by Crippen LogP contribution is 2.22. The van der Waals surface area contributed by atoms with E-state index in [1.54, 1.807) is 12.4 Å². The summed E-state index contributed by atoms with van der Waals surface area (Å²) >= 11 is 0. The van der Waals surface area contributed by atoms with Crippen LogP contribution in [0.2, 0.25) is 0 Å². The number of pyridine rings is 2. The first-order valence-corrected chi connectivity index (χ1v) is 5.48. The summed E-state index contributed by atoms with van der Waals surface area (Å²) < 4.78 is 5.63. The van der Waals surface area contributed by atoms with E-state index in [0.717, 1.165) is 11.3 Å². The van der Waals surface area contributed by atoms with Gasteiger partial charge in [0.2, 0.25) is 5.88 Å². The van der Waals surface area contributed by atoms with E-state index in [0.29, 0.717) is 11.6 Å². The summed E-state index contributed by atoms with van der Waals surface area (Å²) in [6, 6.07) is 7.41. The Hall–Kier alpha value is -1.94. The number of aromatic nitrogens is 2. The molecular formula is C13H15N3O. The van der Waals surface area contributed by atoms with Crippen LogP contribution in [0.3, 0.4) is 0 Å². The summed E-state index contributed by atoms with van der Waals surface area (Å²) in [7, 11) is 0. The van der Waals surface area contributed by atoms with Crippen LogP contribution >= 0.6 is 0 Å². The van der Waals surface area contributed by atoms with E-state index in [9.17, 15) is 0 Å². The summed E-state index contributed by atoms with van der Waals surface area (Å²) in [6.45, 7) is 3.81. The van der Waals surface area contributed by atoms with Gasteiger partial charge in [-0.2, -0.15) is 0 Å². The van der Waals surface area contributed by atoms with E-state index in [1.165, 1.54) is 0 Å². The van der Waals surface area contributed by atoms with Gasteiger partial charge in [0, 0.05) is 24.5 Å². The first-order chi connectivity index (χ1) is 8.16. The molecule has 0 saturated heterocycles. The number of hydrogen-bond acceptors (Lipinski definition) is 4. The molecule has 4 heteroatoms. The molecule has 0 aliphatic carbocycles. The Kier molecular flexibility index (Phi) is 3.35. The van der Waals surface area contributed by atoms with Crippen molar-refractivity contribution >= 4 is 0 Å². The third-order valence-corrected chi connectivity index (χ3v) is 2.46. The molecule has 0 saturated carbocycles. The Morgan fingerprint density at radius 2 is 2.06 bits per heavy atom. The van der Waals surface area contributed by atoms with Crippen LogP contribution in [-0.2, 0) is 0 Å². The molecule has 1 atom stereocenters. The van der Waals surface area contributed by atoms with Gasteiger partial charge in [0.05, 0.1) is 5.69 Å². The van der Waals surface area contributed by atoms with Crippen molar-refractivity contribution in [2.45, 2.75) is 19.9 Å². The Morgan fingerprint density at radius 1 is 1.24 bits per heavy atom. The lowest BCUT2D eigenvalue weighted by atomic mass is 10.2. The van der Waals surface area contributed by atoms with Crippen LogP contribution in [-0.4, -0.2) is 9.97 Å². The summed E-state index contributed by atoms with van der Waals surface area (Å²) in [5, 5.41) is 0. The number of nitrogens with zero attached hydrogens (tertiary/aromatic N) is 2. The average Bonchev–Trinajstić information content (AvgIpc) is 2.33. The van der Waals surface area contributed by atoms with Crippen molar-refractivity contribution in [3.63, 3.8) is 0 Å². The Balaban J connectivity index is 2.17. The van der Waals surface area contributed by atoms with E-state index < -0.39 is 0 Å². The standard InChI is InChI=1S/C13H15N3O/c1-9(14)11-5-6-13(16-8-11)17-12-4-3-7-15-10(12)2/h3-9H,14H2,1-2H3/t9-/m0/s1. The average molecular weight is 229 g/mol. The highest BCUT2D eigenvalue weighted by molar-refractivity contribution is 5.30. The van der Waals surface area contributed by atoms with Crippen LogP contribution in [0.15, 0.2) is 36.7 Å². The molecule has 17 heavy (non-hydrogen) atoms. The Labute approximate surface area is 100 Å². The smallest absolute Gasteiger partial charge is 0.219 e. The van der Waals surface area contributed by atoms with Gasteiger partial charge in [0.1, 0.15) is 0 Å². The highest BCUT2D eigenvalue weighted by Gasteiger charge is 2.04. The van der Waals surface area contributed by atoms with Crippen molar-refractivity contribution in [2.24, 2.45) is 5.73 Å². The van der Waals surface area contributed by atoms with Crippen LogP contribution in [0.1, 0.15) is 24.2 Å². The van der Waals surface area contributed by atoms with Gasteiger partial charge in [0.15, 0.2) is 5.75 Å².